The van der Waals surface area contributed by atoms with Gasteiger partial charge >= 0.3 is 0 Å². The molecule has 0 saturated carbocycles. The number of nitrogens with one attached hydrogen (secondary N) is 1. The van der Waals surface area contributed by atoms with Gasteiger partial charge in [0.2, 0.25) is 15.9 Å². The molecule has 3 rings (SSSR count). The number of primary sulfonamides is 1. The molecule has 0 radical (unpaired) electrons. The summed E-state index contributed by atoms with van der Waals surface area (Å²) in [6.45, 7) is 0. The zero-order valence-corrected chi connectivity index (χ0v) is 17.9. The van der Waals surface area contributed by atoms with E-state index in [0.717, 1.165) is 0 Å². The van der Waals surface area contributed by atoms with Crippen LogP contribution in [0.5, 0.6) is 11.5 Å². The summed E-state index contributed by atoms with van der Waals surface area (Å²) in [5.74, 6) is -1.09. The first kappa shape index (κ1) is 23.1. The van der Waals surface area contributed by atoms with Crippen molar-refractivity contribution in [2.75, 3.05) is 5.32 Å². The molecule has 5 N–H and O–H groups in total. The largest absolute Gasteiger partial charge is 0.504 e. The molecule has 0 saturated heterocycles. The van der Waals surface area contributed by atoms with Crippen LogP contribution >= 0.6 is 17.0 Å². The van der Waals surface area contributed by atoms with Crippen LogP contribution in [0.3, 0.4) is 0 Å². The van der Waals surface area contributed by atoms with Crippen molar-refractivity contribution in [2.45, 2.75) is 4.90 Å². The third-order valence-electron chi connectivity index (χ3n) is 3.98. The molecule has 0 aliphatic rings. The minimum absolute atomic E-state index is 0. The van der Waals surface area contributed by atoms with Gasteiger partial charge in [-0.25, -0.2) is 13.6 Å². The van der Waals surface area contributed by atoms with Gasteiger partial charge in [0.25, 0.3) is 0 Å². The minimum Gasteiger partial charge on any atom is -0.504 e. The molecular formula is C20H18BrN3O5S. The van der Waals surface area contributed by atoms with Gasteiger partial charge in [0.15, 0.2) is 11.5 Å². The summed E-state index contributed by atoms with van der Waals surface area (Å²) in [5.41, 5.74) is 1.95. The topological polar surface area (TPSA) is 143 Å². The van der Waals surface area contributed by atoms with Crippen LogP contribution in [0.2, 0.25) is 0 Å². The Labute approximate surface area is 183 Å². The number of hydrogen-bond acceptors (Lipinski definition) is 6. The number of sulfonamides is 1. The second-order valence-electron chi connectivity index (χ2n) is 6.06. The predicted octanol–water partition coefficient (Wildman–Crippen LogP) is 2.79. The van der Waals surface area contributed by atoms with E-state index in [1.54, 1.807) is 30.6 Å². The van der Waals surface area contributed by atoms with Crippen molar-refractivity contribution >= 4 is 44.2 Å². The Bertz CT molecular complexity index is 1180. The number of aromatic nitrogens is 1. The maximum Gasteiger partial charge on any atom is 0.249 e. The quantitative estimate of drug-likeness (QED) is 0.319. The lowest BCUT2D eigenvalue weighted by Gasteiger charge is -2.10. The van der Waals surface area contributed by atoms with Gasteiger partial charge in [-0.3, -0.25) is 9.78 Å². The van der Waals surface area contributed by atoms with E-state index in [1.807, 2.05) is 0 Å². The Morgan fingerprint density at radius 3 is 2.27 bits per heavy atom. The van der Waals surface area contributed by atoms with Crippen molar-refractivity contribution < 1.29 is 23.4 Å². The lowest BCUT2D eigenvalue weighted by atomic mass is 9.98. The number of aromatic hydroxyl groups is 2. The Hall–Kier alpha value is -3.21. The Kier molecular flexibility index (Phi) is 7.33. The summed E-state index contributed by atoms with van der Waals surface area (Å²) in [7, 11) is -3.82. The van der Waals surface area contributed by atoms with Gasteiger partial charge in [0, 0.05) is 29.7 Å². The summed E-state index contributed by atoms with van der Waals surface area (Å²) in [6.07, 6.45) is 4.46. The molecule has 0 aliphatic carbocycles. The lowest BCUT2D eigenvalue weighted by molar-refractivity contribution is -0.111. The third-order valence-corrected chi connectivity index (χ3v) is 4.91. The molecule has 1 heterocycles. The summed E-state index contributed by atoms with van der Waals surface area (Å²) < 4.78 is 22.6. The SMILES string of the molecule is Br.NS(=O)(=O)c1ccc(NC(=O)C=C(c2cccnc2)c2ccc(O)c(O)c2)cc1. The first-order valence-corrected chi connectivity index (χ1v) is 9.87. The van der Waals surface area contributed by atoms with Crippen LogP contribution in [0.4, 0.5) is 5.69 Å². The van der Waals surface area contributed by atoms with E-state index in [-0.39, 0.29) is 33.4 Å². The zero-order valence-electron chi connectivity index (χ0n) is 15.4. The van der Waals surface area contributed by atoms with Gasteiger partial charge in [-0.15, -0.1) is 17.0 Å². The maximum absolute atomic E-state index is 12.5. The fourth-order valence-corrected chi connectivity index (χ4v) is 3.10. The zero-order chi connectivity index (χ0) is 21.0. The van der Waals surface area contributed by atoms with Crippen molar-refractivity contribution in [3.8, 4) is 11.5 Å². The van der Waals surface area contributed by atoms with Crippen LogP contribution in [0, 0.1) is 0 Å². The molecule has 2 aromatic carbocycles. The van der Waals surface area contributed by atoms with E-state index in [9.17, 15) is 23.4 Å². The average molecular weight is 492 g/mol. The van der Waals surface area contributed by atoms with Crippen LogP contribution in [0.25, 0.3) is 5.57 Å². The van der Waals surface area contributed by atoms with E-state index < -0.39 is 15.9 Å². The van der Waals surface area contributed by atoms with E-state index in [1.165, 1.54) is 42.5 Å². The van der Waals surface area contributed by atoms with Crippen molar-refractivity contribution in [1.82, 2.24) is 4.98 Å². The molecule has 0 atom stereocenters. The lowest BCUT2D eigenvalue weighted by Crippen LogP contribution is -2.13. The third kappa shape index (κ3) is 5.66. The van der Waals surface area contributed by atoms with E-state index in [0.29, 0.717) is 22.4 Å². The number of phenolic OH excluding ortho intramolecular Hbond substituents is 2. The molecule has 156 valence electrons. The van der Waals surface area contributed by atoms with Gasteiger partial charge in [-0.1, -0.05) is 12.1 Å². The number of pyridine rings is 1. The second-order valence-corrected chi connectivity index (χ2v) is 7.62. The molecule has 0 fully saturated rings. The normalized spacial score (nSPS) is 11.4. The summed E-state index contributed by atoms with van der Waals surface area (Å²) in [4.78, 5) is 16.5. The average Bonchev–Trinajstić information content (AvgIpc) is 2.69. The highest BCUT2D eigenvalue weighted by Crippen LogP contribution is 2.31. The van der Waals surface area contributed by atoms with Gasteiger partial charge in [0.05, 0.1) is 4.90 Å². The van der Waals surface area contributed by atoms with Gasteiger partial charge < -0.3 is 15.5 Å². The molecule has 8 nitrogen and oxygen atoms in total. The summed E-state index contributed by atoms with van der Waals surface area (Å²) in [6, 6.07) is 13.1. The molecule has 1 amide bonds. The standard InChI is InChI=1S/C20H17N3O5S.BrH/c21-29(27,28)16-6-4-15(5-7-16)23-20(26)11-17(14-2-1-9-22-12-14)13-3-8-18(24)19(25)10-13;/h1-12,24-25H,(H,23,26)(H2,21,27,28);1H. The van der Waals surface area contributed by atoms with Gasteiger partial charge in [-0.2, -0.15) is 0 Å². The Balaban J connectivity index is 0.00000320. The maximum atomic E-state index is 12.5. The highest BCUT2D eigenvalue weighted by molar-refractivity contribution is 8.93. The van der Waals surface area contributed by atoms with Crippen LogP contribution in [0.15, 0.2) is 78.0 Å². The van der Waals surface area contributed by atoms with Crippen LogP contribution < -0.4 is 10.5 Å². The first-order chi connectivity index (χ1) is 13.7. The molecule has 10 heteroatoms. The van der Waals surface area contributed by atoms with Crippen molar-refractivity contribution in [3.05, 3.63) is 84.2 Å². The fraction of sp³-hybridized carbons (Fsp3) is 0. The van der Waals surface area contributed by atoms with E-state index in [4.69, 9.17) is 5.14 Å². The van der Waals surface area contributed by atoms with Crippen molar-refractivity contribution in [2.24, 2.45) is 5.14 Å². The second kappa shape index (κ2) is 9.53. The number of carbonyl (C=O) groups is 1. The van der Waals surface area contributed by atoms with Crippen molar-refractivity contribution in [3.63, 3.8) is 0 Å². The van der Waals surface area contributed by atoms with Gasteiger partial charge in [-0.05, 0) is 53.6 Å². The van der Waals surface area contributed by atoms with Crippen LogP contribution in [-0.2, 0) is 14.8 Å². The number of nitrogens with two attached hydrogens (primary N) is 1. The Morgan fingerprint density at radius 1 is 1.00 bits per heavy atom. The number of rotatable bonds is 5. The smallest absolute Gasteiger partial charge is 0.249 e. The monoisotopic (exact) mass is 491 g/mol. The van der Waals surface area contributed by atoms with Crippen LogP contribution in [-0.4, -0.2) is 29.5 Å². The van der Waals surface area contributed by atoms with Crippen LogP contribution in [0.1, 0.15) is 11.1 Å². The van der Waals surface area contributed by atoms with Gasteiger partial charge in [0.1, 0.15) is 0 Å². The van der Waals surface area contributed by atoms with Crippen molar-refractivity contribution in [1.29, 1.82) is 0 Å². The molecule has 0 unspecified atom stereocenters. The summed E-state index contributed by atoms with van der Waals surface area (Å²) >= 11 is 0. The molecule has 0 spiro atoms. The minimum atomic E-state index is -3.82. The molecule has 0 aliphatic heterocycles. The Morgan fingerprint density at radius 2 is 1.70 bits per heavy atom. The first-order valence-electron chi connectivity index (χ1n) is 8.32. The number of nitrogens with zero attached hydrogens (tertiary/aromatic N) is 1. The molecule has 30 heavy (non-hydrogen) atoms. The van der Waals surface area contributed by atoms with E-state index in [2.05, 4.69) is 10.3 Å². The highest BCUT2D eigenvalue weighted by Gasteiger charge is 2.12. The number of phenols is 2. The number of anilines is 1. The number of halogens is 1. The number of benzene rings is 2. The fourth-order valence-electron chi connectivity index (χ4n) is 2.58. The predicted molar refractivity (Wildman–Crippen MR) is 118 cm³/mol. The molecular weight excluding hydrogens is 474 g/mol. The highest BCUT2D eigenvalue weighted by atomic mass is 79.9. The van der Waals surface area contributed by atoms with E-state index >= 15 is 0 Å². The molecule has 0 bridgehead atoms. The molecule has 3 aromatic rings. The number of amides is 1. The molecule has 1 aromatic heterocycles. The number of carbonyl (C=O) groups excluding carboxylic acids is 1. The number of hydrogen-bond donors (Lipinski definition) is 4. The summed E-state index contributed by atoms with van der Waals surface area (Å²) in [5, 5.41) is 27.0.